The van der Waals surface area contributed by atoms with Crippen molar-refractivity contribution in [3.8, 4) is 5.75 Å². The minimum absolute atomic E-state index is 0.0862. The van der Waals surface area contributed by atoms with Gasteiger partial charge in [0.15, 0.2) is 5.65 Å². The molecule has 0 saturated heterocycles. The molecular weight excluding hydrogens is 376 g/mol. The topological polar surface area (TPSA) is 71.1 Å². The number of hydrogen-bond donors (Lipinski definition) is 1. The van der Waals surface area contributed by atoms with Gasteiger partial charge in [0.25, 0.3) is 0 Å². The molecule has 0 radical (unpaired) electrons. The number of amides is 1. The lowest BCUT2D eigenvalue weighted by atomic mass is 10.1. The zero-order valence-electron chi connectivity index (χ0n) is 16.9. The highest BCUT2D eigenvalue weighted by Gasteiger charge is 2.16. The van der Waals surface area contributed by atoms with Crippen LogP contribution in [-0.4, -0.2) is 32.9 Å². The van der Waals surface area contributed by atoms with Crippen molar-refractivity contribution in [1.82, 2.24) is 19.9 Å². The summed E-state index contributed by atoms with van der Waals surface area (Å²) in [4.78, 5) is 27.0. The highest BCUT2D eigenvalue weighted by Crippen LogP contribution is 2.16. The first-order valence-electron chi connectivity index (χ1n) is 9.95. The highest BCUT2D eigenvalue weighted by molar-refractivity contribution is 5.76. The average molecular weight is 400 g/mol. The summed E-state index contributed by atoms with van der Waals surface area (Å²) in [6.45, 7) is 1.10. The number of hydrogen-bond acceptors (Lipinski definition) is 4. The molecule has 0 aliphatic heterocycles. The normalized spacial score (nSPS) is 10.8. The number of H-pyrrole nitrogens is 1. The Hall–Kier alpha value is -3.67. The van der Waals surface area contributed by atoms with Gasteiger partial charge in [0, 0.05) is 32.1 Å². The Morgan fingerprint density at radius 3 is 2.40 bits per heavy atom. The molecule has 4 rings (SSSR count). The number of methoxy groups -OCH3 is 1. The number of benzene rings is 2. The van der Waals surface area contributed by atoms with Crippen LogP contribution in [0, 0.1) is 0 Å². The van der Waals surface area contributed by atoms with Crippen LogP contribution in [0.4, 0.5) is 0 Å². The van der Waals surface area contributed by atoms with Gasteiger partial charge in [0.1, 0.15) is 11.6 Å². The van der Waals surface area contributed by atoms with Crippen molar-refractivity contribution in [2.75, 3.05) is 7.11 Å². The van der Waals surface area contributed by atoms with Crippen LogP contribution in [0.3, 0.4) is 0 Å². The molecule has 0 spiro atoms. The van der Waals surface area contributed by atoms with Crippen LogP contribution in [0.2, 0.25) is 0 Å². The maximum absolute atomic E-state index is 13.1. The van der Waals surface area contributed by atoms with E-state index in [1.165, 1.54) is 0 Å². The number of aryl methyl sites for hydroxylation is 1. The van der Waals surface area contributed by atoms with E-state index in [-0.39, 0.29) is 5.91 Å². The largest absolute Gasteiger partial charge is 0.497 e. The van der Waals surface area contributed by atoms with Gasteiger partial charge in [-0.2, -0.15) is 0 Å². The second kappa shape index (κ2) is 9.22. The third-order valence-electron chi connectivity index (χ3n) is 4.98. The van der Waals surface area contributed by atoms with Crippen LogP contribution in [0.15, 0.2) is 72.9 Å². The molecule has 152 valence electrons. The number of carbonyl (C=O) groups is 1. The zero-order chi connectivity index (χ0) is 20.8. The van der Waals surface area contributed by atoms with Gasteiger partial charge < -0.3 is 14.6 Å². The van der Waals surface area contributed by atoms with Crippen molar-refractivity contribution in [3.63, 3.8) is 0 Å². The van der Waals surface area contributed by atoms with E-state index in [4.69, 9.17) is 4.74 Å². The van der Waals surface area contributed by atoms with Crippen LogP contribution in [0.25, 0.3) is 11.2 Å². The molecule has 0 bridgehead atoms. The van der Waals surface area contributed by atoms with E-state index >= 15 is 0 Å². The Balaban J connectivity index is 1.47. The standard InChI is InChI=1S/C24H24N4O2/c1-30-20-11-9-19(10-12-20)17-28(16-18-6-3-2-4-7-18)23(29)14-13-22-26-21-8-5-15-25-24(21)27-22/h2-12,15H,13-14,16-17H2,1H3,(H,25,26,27). The molecule has 6 heteroatoms. The summed E-state index contributed by atoms with van der Waals surface area (Å²) in [5.41, 5.74) is 3.74. The van der Waals surface area contributed by atoms with Gasteiger partial charge in [-0.3, -0.25) is 4.79 Å². The molecule has 6 nitrogen and oxygen atoms in total. The monoisotopic (exact) mass is 400 g/mol. The van der Waals surface area contributed by atoms with E-state index in [0.29, 0.717) is 31.6 Å². The van der Waals surface area contributed by atoms with Gasteiger partial charge in [-0.1, -0.05) is 42.5 Å². The van der Waals surface area contributed by atoms with E-state index in [9.17, 15) is 4.79 Å². The lowest BCUT2D eigenvalue weighted by Gasteiger charge is -2.23. The van der Waals surface area contributed by atoms with Crippen molar-refractivity contribution in [2.45, 2.75) is 25.9 Å². The average Bonchev–Trinajstić information content (AvgIpc) is 3.21. The zero-order valence-corrected chi connectivity index (χ0v) is 16.9. The number of nitrogens with one attached hydrogen (secondary N) is 1. The van der Waals surface area contributed by atoms with E-state index in [0.717, 1.165) is 28.2 Å². The summed E-state index contributed by atoms with van der Waals surface area (Å²) in [6.07, 6.45) is 2.64. The fourth-order valence-electron chi connectivity index (χ4n) is 3.38. The Morgan fingerprint density at radius 1 is 0.967 bits per heavy atom. The molecule has 4 aromatic rings. The predicted molar refractivity (Wildman–Crippen MR) is 116 cm³/mol. The number of ether oxygens (including phenoxy) is 1. The third kappa shape index (κ3) is 4.84. The molecule has 2 aromatic heterocycles. The fraction of sp³-hybridized carbons (Fsp3) is 0.208. The van der Waals surface area contributed by atoms with Crippen molar-refractivity contribution < 1.29 is 9.53 Å². The first-order chi connectivity index (χ1) is 14.7. The van der Waals surface area contributed by atoms with Crippen LogP contribution in [0.1, 0.15) is 23.4 Å². The Morgan fingerprint density at radius 2 is 1.70 bits per heavy atom. The quantitative estimate of drug-likeness (QED) is 0.483. The summed E-state index contributed by atoms with van der Waals surface area (Å²) < 4.78 is 5.23. The fourth-order valence-corrected chi connectivity index (χ4v) is 3.38. The summed E-state index contributed by atoms with van der Waals surface area (Å²) in [5, 5.41) is 0. The maximum Gasteiger partial charge on any atom is 0.223 e. The number of pyridine rings is 1. The Labute approximate surface area is 175 Å². The van der Waals surface area contributed by atoms with Crippen molar-refractivity contribution in [2.24, 2.45) is 0 Å². The summed E-state index contributed by atoms with van der Waals surface area (Å²) in [5.74, 6) is 1.67. The van der Waals surface area contributed by atoms with Gasteiger partial charge in [-0.05, 0) is 35.4 Å². The van der Waals surface area contributed by atoms with Crippen molar-refractivity contribution in [1.29, 1.82) is 0 Å². The van der Waals surface area contributed by atoms with Crippen LogP contribution in [0.5, 0.6) is 5.75 Å². The first-order valence-corrected chi connectivity index (χ1v) is 9.95. The minimum Gasteiger partial charge on any atom is -0.497 e. The number of nitrogens with zero attached hydrogens (tertiary/aromatic N) is 3. The molecule has 2 aromatic carbocycles. The molecule has 30 heavy (non-hydrogen) atoms. The van der Waals surface area contributed by atoms with Crippen molar-refractivity contribution >= 4 is 17.1 Å². The lowest BCUT2D eigenvalue weighted by molar-refractivity contribution is -0.132. The first kappa shape index (κ1) is 19.6. The van der Waals surface area contributed by atoms with E-state index in [1.807, 2.05) is 71.6 Å². The van der Waals surface area contributed by atoms with Crippen LogP contribution >= 0.6 is 0 Å². The Bertz CT molecular complexity index is 1070. The second-order valence-electron chi connectivity index (χ2n) is 7.14. The van der Waals surface area contributed by atoms with Gasteiger partial charge in [-0.25, -0.2) is 9.97 Å². The smallest absolute Gasteiger partial charge is 0.223 e. The Kier molecular flexibility index (Phi) is 6.03. The minimum atomic E-state index is 0.0862. The molecule has 0 aliphatic rings. The number of aromatic nitrogens is 3. The van der Waals surface area contributed by atoms with Gasteiger partial charge in [0.05, 0.1) is 12.6 Å². The molecule has 1 amide bonds. The summed E-state index contributed by atoms with van der Waals surface area (Å²) in [6, 6.07) is 21.7. The van der Waals surface area contributed by atoms with Crippen molar-refractivity contribution in [3.05, 3.63) is 89.9 Å². The maximum atomic E-state index is 13.1. The van der Waals surface area contributed by atoms with E-state index in [2.05, 4.69) is 15.0 Å². The molecule has 2 heterocycles. The highest BCUT2D eigenvalue weighted by atomic mass is 16.5. The number of imidazole rings is 1. The van der Waals surface area contributed by atoms with Gasteiger partial charge in [-0.15, -0.1) is 0 Å². The number of carbonyl (C=O) groups excluding carboxylic acids is 1. The molecule has 0 atom stereocenters. The SMILES string of the molecule is COc1ccc(CN(Cc2ccccc2)C(=O)CCc2nc3ncccc3[nH]2)cc1. The molecule has 1 N–H and O–H groups in total. The van der Waals surface area contributed by atoms with Gasteiger partial charge in [0.2, 0.25) is 5.91 Å². The summed E-state index contributed by atoms with van der Waals surface area (Å²) >= 11 is 0. The molecule has 0 unspecified atom stereocenters. The third-order valence-corrected chi connectivity index (χ3v) is 4.98. The molecular formula is C24H24N4O2. The number of aromatic amines is 1. The van der Waals surface area contributed by atoms with E-state index in [1.54, 1.807) is 13.3 Å². The van der Waals surface area contributed by atoms with Crippen LogP contribution in [-0.2, 0) is 24.3 Å². The second-order valence-corrected chi connectivity index (χ2v) is 7.14. The van der Waals surface area contributed by atoms with E-state index < -0.39 is 0 Å². The number of fused-ring (bicyclic) bond motifs is 1. The molecule has 0 aliphatic carbocycles. The van der Waals surface area contributed by atoms with Crippen LogP contribution < -0.4 is 4.74 Å². The predicted octanol–water partition coefficient (Wildman–Crippen LogP) is 4.13. The van der Waals surface area contributed by atoms with Gasteiger partial charge >= 0.3 is 0 Å². The lowest BCUT2D eigenvalue weighted by Crippen LogP contribution is -2.30. The summed E-state index contributed by atoms with van der Waals surface area (Å²) in [7, 11) is 1.65. The number of rotatable bonds is 8. The molecule has 0 saturated carbocycles. The molecule has 0 fully saturated rings.